The minimum atomic E-state index is -0.992. The highest BCUT2D eigenvalue weighted by atomic mass is 16.5. The van der Waals surface area contributed by atoms with Crippen molar-refractivity contribution in [3.63, 3.8) is 0 Å². The van der Waals surface area contributed by atoms with Gasteiger partial charge in [-0.05, 0) is 72.9 Å². The van der Waals surface area contributed by atoms with Gasteiger partial charge < -0.3 is 29.7 Å². The largest absolute Gasteiger partial charge is 0.453 e. The number of hydrogen-bond donors (Lipinski definition) is 2. The summed E-state index contributed by atoms with van der Waals surface area (Å²) in [6.45, 7) is 6.66. The van der Waals surface area contributed by atoms with Crippen LogP contribution in [0.15, 0.2) is 97.1 Å². The van der Waals surface area contributed by atoms with Crippen molar-refractivity contribution in [1.82, 2.24) is 25.0 Å². The van der Waals surface area contributed by atoms with Crippen LogP contribution in [0.2, 0.25) is 0 Å². The molecule has 0 aliphatic carbocycles. The Kier molecular flexibility index (Phi) is 15.5. The molecule has 0 unspecified atom stereocenters. The summed E-state index contributed by atoms with van der Waals surface area (Å²) in [5, 5.41) is 7.64. The fraction of sp³-hybridized carbons (Fsp3) is 0.434. The number of aromatic nitrogens is 1. The number of rotatable bonds is 19. The number of benzene rings is 4. The zero-order chi connectivity index (χ0) is 46.0. The Morgan fingerprint density at radius 1 is 0.631 bits per heavy atom. The molecule has 2 saturated heterocycles. The van der Waals surface area contributed by atoms with Crippen LogP contribution in [0.4, 0.5) is 4.79 Å². The van der Waals surface area contributed by atoms with Crippen molar-refractivity contribution >= 4 is 57.2 Å². The highest BCUT2D eigenvalue weighted by molar-refractivity contribution is 6.09. The van der Waals surface area contributed by atoms with Crippen molar-refractivity contribution < 1.29 is 33.5 Å². The van der Waals surface area contributed by atoms with Crippen LogP contribution in [0.3, 0.4) is 0 Å². The lowest BCUT2D eigenvalue weighted by molar-refractivity contribution is -0.140. The van der Waals surface area contributed by atoms with E-state index in [-0.39, 0.29) is 48.2 Å². The SMILES string of the molecule is CCCCC(CCCC)n1c2cc(CC(=O)[C@@H]3CCCN3C(=O)[C@H](NC(C)=O)c3ccccc3)ccc2c2ccc(CC(=O)[C@@H]3CCCN3C(=O)[C@H](NC(=O)OC)c3ccccc3)cc21. The Morgan fingerprint density at radius 3 is 1.49 bits per heavy atom. The van der Waals surface area contributed by atoms with E-state index in [1.165, 1.54) is 14.0 Å². The van der Waals surface area contributed by atoms with Gasteiger partial charge in [0, 0.05) is 60.7 Å². The van der Waals surface area contributed by atoms with Crippen molar-refractivity contribution in [2.24, 2.45) is 0 Å². The Hall–Kier alpha value is -6.30. The van der Waals surface area contributed by atoms with Crippen molar-refractivity contribution in [3.8, 4) is 0 Å². The van der Waals surface area contributed by atoms with Crippen molar-refractivity contribution in [2.45, 2.75) is 128 Å². The van der Waals surface area contributed by atoms with E-state index in [9.17, 15) is 28.8 Å². The van der Waals surface area contributed by atoms with E-state index in [1.54, 1.807) is 34.1 Å². The maximum absolute atomic E-state index is 14.3. The first-order valence-corrected chi connectivity index (χ1v) is 23.5. The van der Waals surface area contributed by atoms with Crippen LogP contribution in [0.25, 0.3) is 21.8 Å². The summed E-state index contributed by atoms with van der Waals surface area (Å²) in [5.74, 6) is -1.02. The molecule has 2 aliphatic rings. The van der Waals surface area contributed by atoms with E-state index in [2.05, 4.69) is 53.3 Å². The van der Waals surface area contributed by atoms with Gasteiger partial charge in [0.25, 0.3) is 5.91 Å². The molecular formula is C53H63N5O7. The molecule has 4 aromatic carbocycles. The van der Waals surface area contributed by atoms with Gasteiger partial charge in [-0.1, -0.05) is 124 Å². The predicted molar refractivity (Wildman–Crippen MR) is 252 cm³/mol. The number of Topliss-reactive ketones (excluding diaryl/α,β-unsaturated/α-hetero) is 2. The fourth-order valence-corrected chi connectivity index (χ4v) is 9.98. The molecule has 2 fully saturated rings. The molecule has 342 valence electrons. The molecule has 1 aromatic heterocycles. The third-order valence-electron chi connectivity index (χ3n) is 13.2. The second-order valence-corrected chi connectivity index (χ2v) is 17.7. The lowest BCUT2D eigenvalue weighted by Crippen LogP contribution is -2.47. The number of fused-ring (bicyclic) bond motifs is 3. The molecule has 2 N–H and O–H groups in total. The second kappa shape index (κ2) is 21.6. The zero-order valence-corrected chi connectivity index (χ0v) is 38.2. The third-order valence-corrected chi connectivity index (χ3v) is 13.2. The summed E-state index contributed by atoms with van der Waals surface area (Å²) in [5.41, 5.74) is 5.09. The molecule has 0 bridgehead atoms. The van der Waals surface area contributed by atoms with Crippen molar-refractivity contribution in [3.05, 3.63) is 119 Å². The summed E-state index contributed by atoms with van der Waals surface area (Å²) >= 11 is 0. The van der Waals surface area contributed by atoms with Crippen LogP contribution in [0, 0.1) is 0 Å². The molecule has 4 amide bonds. The number of carbonyl (C=O) groups is 6. The molecule has 5 aromatic rings. The Morgan fingerprint density at radius 2 is 1.08 bits per heavy atom. The number of alkyl carbamates (subject to hydrolysis) is 1. The maximum atomic E-state index is 14.3. The standard InChI is InChI=1S/C53H63N5O7/c1-5-7-21-40(22-8-6-2)58-45-31-36(33-47(60)43-23-15-29-56(43)51(62)49(54-35(3)59)38-17-11-9-12-18-38)25-27-41(45)42-28-26-37(32-46(42)58)34-48(61)44-24-16-30-57(44)52(63)50(55-53(64)65-4)39-19-13-10-14-20-39/h9-14,17-20,25-28,31-32,40,43-44,49-50H,5-8,15-16,21-24,29-30,33-34H2,1-4H3,(H,54,59)(H,55,64)/t43-,44-,49+,50+/m0/s1. The van der Waals surface area contributed by atoms with Crippen molar-refractivity contribution in [1.29, 1.82) is 0 Å². The number of carbonyl (C=O) groups excluding carboxylic acids is 6. The summed E-state index contributed by atoms with van der Waals surface area (Å²) in [7, 11) is 1.26. The van der Waals surface area contributed by atoms with Gasteiger partial charge in [-0.25, -0.2) is 4.79 Å². The molecular weight excluding hydrogens is 819 g/mol. The van der Waals surface area contributed by atoms with E-state index in [0.717, 1.165) is 71.5 Å². The van der Waals surface area contributed by atoms with Gasteiger partial charge in [-0.2, -0.15) is 0 Å². The molecule has 2 aliphatic heterocycles. The number of amides is 4. The first-order valence-electron chi connectivity index (χ1n) is 23.5. The molecule has 0 saturated carbocycles. The van der Waals surface area contributed by atoms with E-state index in [1.807, 2.05) is 48.5 Å². The molecule has 4 atom stereocenters. The monoisotopic (exact) mass is 881 g/mol. The minimum absolute atomic E-state index is 0.0302. The number of ketones is 2. The highest BCUT2D eigenvalue weighted by Crippen LogP contribution is 2.38. The normalized spacial score (nSPS) is 17.1. The van der Waals surface area contributed by atoms with E-state index >= 15 is 0 Å². The fourth-order valence-electron chi connectivity index (χ4n) is 9.98. The average molecular weight is 882 g/mol. The Bertz CT molecular complexity index is 2490. The lowest BCUT2D eigenvalue weighted by Gasteiger charge is -2.29. The van der Waals surface area contributed by atoms with Crippen LogP contribution in [0.5, 0.6) is 0 Å². The van der Waals surface area contributed by atoms with Gasteiger partial charge in [-0.15, -0.1) is 0 Å². The Labute approximate surface area is 382 Å². The number of methoxy groups -OCH3 is 1. The summed E-state index contributed by atoms with van der Waals surface area (Å²) in [6.07, 6.45) is 8.26. The second-order valence-electron chi connectivity index (χ2n) is 17.7. The van der Waals surface area contributed by atoms with Gasteiger partial charge in [0.2, 0.25) is 11.8 Å². The average Bonchev–Trinajstić information content (AvgIpc) is 4.09. The number of nitrogens with one attached hydrogen (secondary N) is 2. The van der Waals surface area contributed by atoms with Gasteiger partial charge in [-0.3, -0.25) is 24.0 Å². The molecule has 0 radical (unpaired) electrons. The van der Waals surface area contributed by atoms with Gasteiger partial charge in [0.05, 0.1) is 19.2 Å². The summed E-state index contributed by atoms with van der Waals surface area (Å²) < 4.78 is 7.29. The first kappa shape index (κ1) is 46.7. The summed E-state index contributed by atoms with van der Waals surface area (Å²) in [6, 6.07) is 27.8. The predicted octanol–water partition coefficient (Wildman–Crippen LogP) is 8.90. The zero-order valence-electron chi connectivity index (χ0n) is 38.2. The van der Waals surface area contributed by atoms with Crippen LogP contribution >= 0.6 is 0 Å². The molecule has 12 heteroatoms. The van der Waals surface area contributed by atoms with E-state index < -0.39 is 30.3 Å². The summed E-state index contributed by atoms with van der Waals surface area (Å²) in [4.78, 5) is 84.5. The molecule has 65 heavy (non-hydrogen) atoms. The molecule has 0 spiro atoms. The highest BCUT2D eigenvalue weighted by Gasteiger charge is 2.39. The van der Waals surface area contributed by atoms with E-state index in [0.29, 0.717) is 49.9 Å². The van der Waals surface area contributed by atoms with Crippen LogP contribution in [-0.2, 0) is 41.6 Å². The van der Waals surface area contributed by atoms with E-state index in [4.69, 9.17) is 4.74 Å². The number of unbranched alkanes of at least 4 members (excludes halogenated alkanes) is 2. The molecule has 12 nitrogen and oxygen atoms in total. The maximum Gasteiger partial charge on any atom is 0.407 e. The topological polar surface area (TPSA) is 147 Å². The Balaban J connectivity index is 1.17. The first-order chi connectivity index (χ1) is 31.5. The van der Waals surface area contributed by atoms with Crippen LogP contribution in [0.1, 0.15) is 125 Å². The smallest absolute Gasteiger partial charge is 0.407 e. The number of hydrogen-bond acceptors (Lipinski definition) is 7. The van der Waals surface area contributed by atoms with Gasteiger partial charge in [0.1, 0.15) is 12.1 Å². The third kappa shape index (κ3) is 10.6. The number of nitrogens with zero attached hydrogens (tertiary/aromatic N) is 3. The quantitative estimate of drug-likeness (QED) is 0.0842. The molecule has 7 rings (SSSR count). The van der Waals surface area contributed by atoms with Gasteiger partial charge in [0.15, 0.2) is 11.6 Å². The number of ether oxygens (including phenoxy) is 1. The van der Waals surface area contributed by atoms with Gasteiger partial charge >= 0.3 is 6.09 Å². The van der Waals surface area contributed by atoms with Crippen LogP contribution in [-0.4, -0.2) is 82.0 Å². The lowest BCUT2D eigenvalue weighted by atomic mass is 9.98. The van der Waals surface area contributed by atoms with Crippen LogP contribution < -0.4 is 10.6 Å². The minimum Gasteiger partial charge on any atom is -0.453 e. The number of likely N-dealkylation sites (tertiary alicyclic amines) is 2. The molecule has 3 heterocycles. The van der Waals surface area contributed by atoms with Crippen molar-refractivity contribution in [2.75, 3.05) is 20.2 Å².